The monoisotopic (exact) mass is 438 g/mol. The maximum absolute atomic E-state index is 12.3. The van der Waals surface area contributed by atoms with Gasteiger partial charge in [-0.05, 0) is 62.5 Å². The lowest BCUT2D eigenvalue weighted by Gasteiger charge is -2.11. The number of nitrogens with zero attached hydrogens (tertiary/aromatic N) is 1. The minimum Gasteiger partial charge on any atom is -0.278 e. The van der Waals surface area contributed by atoms with Gasteiger partial charge in [-0.2, -0.15) is 0 Å². The van der Waals surface area contributed by atoms with Gasteiger partial charge in [-0.25, -0.2) is 8.42 Å². The first-order chi connectivity index (χ1) is 9.29. The molecule has 2 aromatic rings. The van der Waals surface area contributed by atoms with E-state index in [1.165, 1.54) is 18.5 Å². The van der Waals surface area contributed by atoms with E-state index in [1.54, 1.807) is 12.1 Å². The molecule has 0 amide bonds. The number of anilines is 1. The molecule has 0 aliphatic heterocycles. The summed E-state index contributed by atoms with van der Waals surface area (Å²) in [4.78, 5) is 3.91. The van der Waals surface area contributed by atoms with Gasteiger partial charge in [0.1, 0.15) is 4.90 Å². The number of sulfonamides is 1. The van der Waals surface area contributed by atoms with Crippen molar-refractivity contribution >= 4 is 59.2 Å². The molecule has 8 heteroatoms. The number of pyridine rings is 1. The number of aryl methyl sites for hydroxylation is 1. The molecule has 2 rings (SSSR count). The highest BCUT2D eigenvalue weighted by atomic mass is 79.9. The predicted molar refractivity (Wildman–Crippen MR) is 86.6 cm³/mol. The van der Waals surface area contributed by atoms with Crippen LogP contribution in [-0.4, -0.2) is 13.4 Å². The van der Waals surface area contributed by atoms with Crippen molar-refractivity contribution in [1.29, 1.82) is 0 Å². The van der Waals surface area contributed by atoms with E-state index >= 15 is 0 Å². The summed E-state index contributed by atoms with van der Waals surface area (Å²) in [6.45, 7) is 1.84. The van der Waals surface area contributed by atoms with E-state index < -0.39 is 10.0 Å². The molecule has 0 fully saturated rings. The minimum atomic E-state index is -3.72. The number of hydrogen-bond donors (Lipinski definition) is 1. The maximum Gasteiger partial charge on any atom is 0.263 e. The fourth-order valence-corrected chi connectivity index (χ4v) is 3.89. The third-order valence-corrected chi connectivity index (χ3v) is 5.31. The minimum absolute atomic E-state index is 0.0653. The van der Waals surface area contributed by atoms with Crippen molar-refractivity contribution in [2.75, 3.05) is 4.72 Å². The number of nitrogens with one attached hydrogen (secondary N) is 1. The molecule has 1 heterocycles. The van der Waals surface area contributed by atoms with Crippen molar-refractivity contribution in [1.82, 2.24) is 4.98 Å². The molecule has 0 unspecified atom stereocenters. The van der Waals surface area contributed by atoms with Gasteiger partial charge in [0.05, 0.1) is 5.69 Å². The van der Waals surface area contributed by atoms with E-state index in [0.29, 0.717) is 19.7 Å². The molecule has 0 aliphatic carbocycles. The summed E-state index contributed by atoms with van der Waals surface area (Å²) in [7, 11) is -3.72. The third kappa shape index (κ3) is 3.52. The molecular weight excluding hydrogens is 431 g/mol. The lowest BCUT2D eigenvalue weighted by molar-refractivity contribution is 0.600. The Kier molecular flexibility index (Phi) is 4.73. The molecule has 0 bridgehead atoms. The van der Waals surface area contributed by atoms with Gasteiger partial charge >= 0.3 is 0 Å². The molecule has 20 heavy (non-hydrogen) atoms. The Morgan fingerprint density at radius 2 is 1.90 bits per heavy atom. The molecule has 0 spiro atoms. The van der Waals surface area contributed by atoms with Crippen LogP contribution >= 0.6 is 43.5 Å². The quantitative estimate of drug-likeness (QED) is 0.771. The van der Waals surface area contributed by atoms with Gasteiger partial charge in [-0.3, -0.25) is 9.71 Å². The van der Waals surface area contributed by atoms with Crippen LogP contribution in [0, 0.1) is 6.92 Å². The molecule has 1 aromatic heterocycles. The summed E-state index contributed by atoms with van der Waals surface area (Å²) >= 11 is 12.5. The second-order valence-electron chi connectivity index (χ2n) is 4.03. The van der Waals surface area contributed by atoms with Crippen molar-refractivity contribution in [3.8, 4) is 0 Å². The van der Waals surface area contributed by atoms with Crippen LogP contribution in [0.1, 0.15) is 5.56 Å². The van der Waals surface area contributed by atoms with Gasteiger partial charge in [-0.15, -0.1) is 0 Å². The van der Waals surface area contributed by atoms with Gasteiger partial charge in [0.2, 0.25) is 0 Å². The zero-order valence-electron chi connectivity index (χ0n) is 10.2. The van der Waals surface area contributed by atoms with E-state index in [0.717, 1.165) is 5.56 Å². The second kappa shape index (κ2) is 6.01. The zero-order valence-corrected chi connectivity index (χ0v) is 14.9. The maximum atomic E-state index is 12.3. The third-order valence-electron chi connectivity index (χ3n) is 2.48. The molecule has 0 aliphatic rings. The highest BCUT2D eigenvalue weighted by Crippen LogP contribution is 2.31. The van der Waals surface area contributed by atoms with Crippen molar-refractivity contribution in [2.45, 2.75) is 11.8 Å². The average Bonchev–Trinajstić information content (AvgIpc) is 2.36. The first kappa shape index (κ1) is 15.8. The molecule has 1 N–H and O–H groups in total. The molecular formula is C12H9Br2ClN2O2S. The normalized spacial score (nSPS) is 11.4. The number of hydrogen-bond acceptors (Lipinski definition) is 3. The van der Waals surface area contributed by atoms with Crippen LogP contribution in [0.15, 0.2) is 44.4 Å². The Hall–Kier alpha value is -0.630. The second-order valence-corrected chi connectivity index (χ2v) is 7.89. The van der Waals surface area contributed by atoms with Crippen LogP contribution < -0.4 is 4.72 Å². The standard InChI is InChI=1S/C12H9Br2ClN2O2S/c1-7-2-10(14)12(4-11(7)15)17-20(18,19)9-3-8(13)5-16-6-9/h2-6,17H,1H3. The van der Waals surface area contributed by atoms with Crippen LogP contribution in [0.2, 0.25) is 5.02 Å². The largest absolute Gasteiger partial charge is 0.278 e. The predicted octanol–water partition coefficient (Wildman–Crippen LogP) is 4.37. The van der Waals surface area contributed by atoms with Crippen molar-refractivity contribution in [2.24, 2.45) is 0 Å². The van der Waals surface area contributed by atoms with Crippen molar-refractivity contribution in [3.05, 3.63) is 50.1 Å². The Labute approximate surface area is 138 Å². The molecule has 106 valence electrons. The van der Waals surface area contributed by atoms with Crippen molar-refractivity contribution < 1.29 is 8.42 Å². The Balaban J connectivity index is 2.41. The van der Waals surface area contributed by atoms with Gasteiger partial charge < -0.3 is 0 Å². The number of halogens is 3. The van der Waals surface area contributed by atoms with Crippen LogP contribution in [0.25, 0.3) is 0 Å². The summed E-state index contributed by atoms with van der Waals surface area (Å²) < 4.78 is 28.2. The van der Waals surface area contributed by atoms with Gasteiger partial charge in [-0.1, -0.05) is 11.6 Å². The lowest BCUT2D eigenvalue weighted by atomic mass is 10.2. The van der Waals surface area contributed by atoms with Gasteiger partial charge in [0.25, 0.3) is 10.0 Å². The molecule has 0 saturated carbocycles. The highest BCUT2D eigenvalue weighted by molar-refractivity contribution is 9.10. The molecule has 1 aromatic carbocycles. The Bertz CT molecular complexity index is 766. The molecule has 0 radical (unpaired) electrons. The van der Waals surface area contributed by atoms with Crippen LogP contribution in [0.5, 0.6) is 0 Å². The number of benzene rings is 1. The summed E-state index contributed by atoms with van der Waals surface area (Å²) in [6, 6.07) is 4.78. The Morgan fingerprint density at radius 1 is 1.20 bits per heavy atom. The van der Waals surface area contributed by atoms with E-state index in [4.69, 9.17) is 11.6 Å². The fourth-order valence-electron chi connectivity index (χ4n) is 1.47. The Morgan fingerprint density at radius 3 is 2.55 bits per heavy atom. The average molecular weight is 441 g/mol. The van der Waals surface area contributed by atoms with E-state index in [1.807, 2.05) is 6.92 Å². The SMILES string of the molecule is Cc1cc(Br)c(NS(=O)(=O)c2cncc(Br)c2)cc1Cl. The summed E-state index contributed by atoms with van der Waals surface area (Å²) in [5.74, 6) is 0. The van der Waals surface area contributed by atoms with E-state index in [2.05, 4.69) is 41.6 Å². The topological polar surface area (TPSA) is 59.1 Å². The number of rotatable bonds is 3. The first-order valence-electron chi connectivity index (χ1n) is 5.38. The summed E-state index contributed by atoms with van der Waals surface area (Å²) in [5, 5.41) is 0.485. The van der Waals surface area contributed by atoms with Crippen molar-refractivity contribution in [3.63, 3.8) is 0 Å². The first-order valence-corrected chi connectivity index (χ1v) is 8.83. The fraction of sp³-hybridized carbons (Fsp3) is 0.0833. The zero-order chi connectivity index (χ0) is 14.9. The van der Waals surface area contributed by atoms with Crippen LogP contribution in [-0.2, 0) is 10.0 Å². The molecule has 4 nitrogen and oxygen atoms in total. The van der Waals surface area contributed by atoms with Crippen LogP contribution in [0.3, 0.4) is 0 Å². The van der Waals surface area contributed by atoms with Crippen LogP contribution in [0.4, 0.5) is 5.69 Å². The molecule has 0 atom stereocenters. The molecule has 0 saturated heterocycles. The van der Waals surface area contributed by atoms with E-state index in [-0.39, 0.29) is 4.90 Å². The highest BCUT2D eigenvalue weighted by Gasteiger charge is 2.17. The summed E-state index contributed by atoms with van der Waals surface area (Å²) in [5.41, 5.74) is 1.23. The van der Waals surface area contributed by atoms with Gasteiger partial charge in [0, 0.05) is 26.4 Å². The number of aromatic nitrogens is 1. The smallest absolute Gasteiger partial charge is 0.263 e. The van der Waals surface area contributed by atoms with E-state index in [9.17, 15) is 8.42 Å². The summed E-state index contributed by atoms with van der Waals surface area (Å²) in [6.07, 6.45) is 2.79. The lowest BCUT2D eigenvalue weighted by Crippen LogP contribution is -2.13. The van der Waals surface area contributed by atoms with Gasteiger partial charge in [0.15, 0.2) is 0 Å².